The first-order valence-corrected chi connectivity index (χ1v) is 17.8. The molecule has 0 unspecified atom stereocenters. The molecule has 0 aliphatic heterocycles. The fourth-order valence-corrected chi connectivity index (χ4v) is 5.77. The summed E-state index contributed by atoms with van der Waals surface area (Å²) in [6.07, 6.45) is 11.0. The molecule has 0 heterocycles. The van der Waals surface area contributed by atoms with Crippen molar-refractivity contribution in [3.63, 3.8) is 0 Å². The standard InChI is InChI=1S/C19H13.2C11H9.C5H5.CH2.2ClH.Zr/c1-2-6-14(7-3-1)15-10-11-19-17(12-15)13-16-8-4-5-9-18(16)19;2*1-9-5-4-7-10-6-2-3-8-11(9)10;1-2-4-5-3-1;;;;/h1-11H,13H2;2*2-8H,1H2;1-3H,4H2;1H2;2*1H;/q4*-1;;;;. The molecule has 0 spiro atoms. The number of hydrogen-bond donors (Lipinski definition) is 0. The minimum Gasteiger partial charge on any atom is -0.143 e. The second-order valence-corrected chi connectivity index (χ2v) is 11.2. The summed E-state index contributed by atoms with van der Waals surface area (Å²) in [6.45, 7) is 7.90. The van der Waals surface area contributed by atoms with Crippen molar-refractivity contribution in [2.75, 3.05) is 0 Å². The third-order valence-electron chi connectivity index (χ3n) is 8.13. The van der Waals surface area contributed by atoms with E-state index in [0.717, 1.165) is 24.0 Å². The predicted octanol–water partition coefficient (Wildman–Crippen LogP) is 12.9. The van der Waals surface area contributed by atoms with E-state index in [1.165, 1.54) is 79.2 Å². The van der Waals surface area contributed by atoms with Crippen molar-refractivity contribution < 1.29 is 24.2 Å². The van der Waals surface area contributed by atoms with Crippen LogP contribution in [0.1, 0.15) is 28.7 Å². The van der Waals surface area contributed by atoms with Gasteiger partial charge in [0.15, 0.2) is 0 Å². The number of benzene rings is 7. The maximum atomic E-state index is 3.95. The number of allylic oxidation sites excluding steroid dienone is 4. The fraction of sp³-hybridized carbons (Fsp3) is 0.0426. The van der Waals surface area contributed by atoms with Gasteiger partial charge in [0.25, 0.3) is 0 Å². The van der Waals surface area contributed by atoms with Crippen LogP contribution in [0.15, 0.2) is 170 Å². The third kappa shape index (κ3) is 10.6. The van der Waals surface area contributed by atoms with E-state index in [2.05, 4.69) is 133 Å². The summed E-state index contributed by atoms with van der Waals surface area (Å²) >= 11 is 1.30. The van der Waals surface area contributed by atoms with Crippen LogP contribution in [0.4, 0.5) is 0 Å². The summed E-state index contributed by atoms with van der Waals surface area (Å²) < 4.78 is 3.34. The molecule has 0 radical (unpaired) electrons. The quantitative estimate of drug-likeness (QED) is 0.146. The Kier molecular flexibility index (Phi) is 16.8. The molecule has 2 aliphatic carbocycles. The van der Waals surface area contributed by atoms with Crippen molar-refractivity contribution in [1.29, 1.82) is 0 Å². The average Bonchev–Trinajstić information content (AvgIpc) is 3.86. The zero-order valence-electron chi connectivity index (χ0n) is 28.0. The van der Waals surface area contributed by atoms with Crippen LogP contribution in [0.5, 0.6) is 0 Å². The number of halogens is 2. The molecule has 0 bridgehead atoms. The molecule has 50 heavy (non-hydrogen) atoms. The Morgan fingerprint density at radius 2 is 1.08 bits per heavy atom. The van der Waals surface area contributed by atoms with Gasteiger partial charge in [-0.2, -0.15) is 43.2 Å². The van der Waals surface area contributed by atoms with Gasteiger partial charge in [-0.25, -0.2) is 12.2 Å². The molecule has 0 atom stereocenters. The molecule has 0 N–H and O–H groups in total. The van der Waals surface area contributed by atoms with Crippen LogP contribution in [0.2, 0.25) is 0 Å². The van der Waals surface area contributed by atoms with Gasteiger partial charge in [0.1, 0.15) is 0 Å². The van der Waals surface area contributed by atoms with E-state index in [0.29, 0.717) is 0 Å². The van der Waals surface area contributed by atoms with Gasteiger partial charge in [-0.15, -0.1) is 95.6 Å². The van der Waals surface area contributed by atoms with E-state index in [9.17, 15) is 0 Å². The van der Waals surface area contributed by atoms with Crippen LogP contribution in [-0.2, 0) is 30.7 Å². The van der Waals surface area contributed by atoms with Gasteiger partial charge in [-0.1, -0.05) is 131 Å². The minimum atomic E-state index is 0. The van der Waals surface area contributed by atoms with E-state index >= 15 is 0 Å². The smallest absolute Gasteiger partial charge is 0.0195 e. The Morgan fingerprint density at radius 1 is 0.540 bits per heavy atom. The van der Waals surface area contributed by atoms with Crippen LogP contribution in [0.3, 0.4) is 0 Å². The Bertz CT molecular complexity index is 2050. The van der Waals surface area contributed by atoms with Crippen molar-refractivity contribution in [3.05, 3.63) is 218 Å². The zero-order valence-corrected chi connectivity index (χ0v) is 32.1. The van der Waals surface area contributed by atoms with E-state index in [1.54, 1.807) is 0 Å². The molecule has 9 rings (SSSR count). The molecule has 250 valence electrons. The Hall–Kier alpha value is -4.39. The molecule has 0 fully saturated rings. The largest absolute Gasteiger partial charge is 0.143 e. The fourth-order valence-electron chi connectivity index (χ4n) is 5.77. The third-order valence-corrected chi connectivity index (χ3v) is 8.13. The molecule has 0 saturated carbocycles. The summed E-state index contributed by atoms with van der Waals surface area (Å²) in [5.41, 5.74) is 10.1. The van der Waals surface area contributed by atoms with Gasteiger partial charge in [-0.3, -0.25) is 6.08 Å². The first kappa shape index (κ1) is 40.0. The van der Waals surface area contributed by atoms with Gasteiger partial charge in [-0.05, 0) is 12.0 Å². The summed E-state index contributed by atoms with van der Waals surface area (Å²) in [5.74, 6) is 0. The van der Waals surface area contributed by atoms with E-state index in [1.807, 2.05) is 66.7 Å². The summed E-state index contributed by atoms with van der Waals surface area (Å²) in [6, 6.07) is 56.0. The van der Waals surface area contributed by atoms with Gasteiger partial charge >= 0.3 is 28.4 Å². The van der Waals surface area contributed by atoms with Crippen molar-refractivity contribution in [3.8, 4) is 22.3 Å². The van der Waals surface area contributed by atoms with Gasteiger partial charge < -0.3 is 0 Å². The summed E-state index contributed by atoms with van der Waals surface area (Å²) in [5, 5.41) is 5.02. The van der Waals surface area contributed by atoms with Crippen LogP contribution >= 0.6 is 24.8 Å². The van der Waals surface area contributed by atoms with Gasteiger partial charge in [0, 0.05) is 0 Å². The van der Waals surface area contributed by atoms with E-state index < -0.39 is 0 Å². The van der Waals surface area contributed by atoms with E-state index in [-0.39, 0.29) is 24.8 Å². The van der Waals surface area contributed by atoms with Crippen molar-refractivity contribution in [2.24, 2.45) is 0 Å². The molecule has 0 aromatic heterocycles. The van der Waals surface area contributed by atoms with Crippen molar-refractivity contribution >= 4 is 50.6 Å². The molecule has 7 aromatic carbocycles. The number of hydrogen-bond acceptors (Lipinski definition) is 0. The molecular formula is C47H40Cl2Zr-4. The zero-order chi connectivity index (χ0) is 33.6. The average molecular weight is 767 g/mol. The Labute approximate surface area is 325 Å². The Morgan fingerprint density at radius 3 is 1.62 bits per heavy atom. The molecular weight excluding hydrogens is 727 g/mol. The molecule has 2 aliphatic rings. The van der Waals surface area contributed by atoms with Crippen LogP contribution < -0.4 is 0 Å². The van der Waals surface area contributed by atoms with Gasteiger partial charge in [0.2, 0.25) is 0 Å². The maximum absolute atomic E-state index is 3.95. The van der Waals surface area contributed by atoms with Crippen LogP contribution in [0.25, 0.3) is 43.8 Å². The summed E-state index contributed by atoms with van der Waals surface area (Å²) in [4.78, 5) is 0. The monoisotopic (exact) mass is 764 g/mol. The second kappa shape index (κ2) is 21.0. The summed E-state index contributed by atoms with van der Waals surface area (Å²) in [7, 11) is 0. The molecule has 0 nitrogen and oxygen atoms in total. The predicted molar refractivity (Wildman–Crippen MR) is 219 cm³/mol. The number of rotatable bonds is 1. The van der Waals surface area contributed by atoms with Crippen molar-refractivity contribution in [2.45, 2.75) is 12.8 Å². The SMILES string of the molecule is Cl.Cl.[C-]1=CC=CC1.[CH2-]c1cccc2ccccc12.[CH2-]c1cccc2ccccc12.[CH2]=[Zr].[c-]1c(-c2ccccc2)ccc2c1Cc1ccccc1-2. The minimum absolute atomic E-state index is 0. The normalized spacial score (nSPS) is 10.9. The molecule has 3 heteroatoms. The Balaban J connectivity index is 0.000000189. The van der Waals surface area contributed by atoms with Crippen molar-refractivity contribution in [1.82, 2.24) is 0 Å². The van der Waals surface area contributed by atoms with Crippen LogP contribution in [0, 0.1) is 26.0 Å². The topological polar surface area (TPSA) is 0 Å². The first-order valence-electron chi connectivity index (χ1n) is 16.0. The van der Waals surface area contributed by atoms with E-state index in [4.69, 9.17) is 0 Å². The molecule has 7 aromatic rings. The maximum Gasteiger partial charge on any atom is -0.0195 e. The molecule has 0 amide bonds. The number of fused-ring (bicyclic) bond motifs is 5. The second-order valence-electron chi connectivity index (χ2n) is 11.2. The van der Waals surface area contributed by atoms with Crippen LogP contribution in [-0.4, -0.2) is 4.21 Å². The molecule has 0 saturated heterocycles. The first-order chi connectivity index (χ1) is 23.7. The van der Waals surface area contributed by atoms with Gasteiger partial charge in [0.05, 0.1) is 0 Å².